The normalized spacial score (nSPS) is 11.5. The molecule has 20 heavy (non-hydrogen) atoms. The van der Waals surface area contributed by atoms with E-state index in [9.17, 15) is 8.42 Å². The zero-order valence-electron chi connectivity index (χ0n) is 10.3. The van der Waals surface area contributed by atoms with Gasteiger partial charge in [0.2, 0.25) is 10.0 Å². The zero-order chi connectivity index (χ0) is 14.6. The van der Waals surface area contributed by atoms with Crippen molar-refractivity contribution in [2.24, 2.45) is 5.84 Å². The number of rotatable bonds is 6. The van der Waals surface area contributed by atoms with E-state index >= 15 is 0 Å². The number of H-pyrrole nitrogens is 1. The number of nitrogens with two attached hydrogens (primary N) is 1. The Kier molecular flexibility index (Phi) is 4.70. The molecule has 0 saturated carbocycles. The molecule has 2 aromatic heterocycles. The topological polar surface area (TPSA) is 126 Å². The Morgan fingerprint density at radius 1 is 1.40 bits per heavy atom. The summed E-state index contributed by atoms with van der Waals surface area (Å²) < 4.78 is 27.4. The van der Waals surface area contributed by atoms with Crippen LogP contribution < -0.4 is 16.0 Å². The minimum atomic E-state index is -3.71. The SMILES string of the molecule is NNc1ncc(Br)cc1S(=O)(=O)NCCc1ncc[nH]1. The Bertz CT molecular complexity index is 673. The van der Waals surface area contributed by atoms with Crippen LogP contribution in [-0.4, -0.2) is 29.9 Å². The molecule has 108 valence electrons. The molecular formula is C10H13BrN6O2S. The van der Waals surface area contributed by atoms with E-state index in [4.69, 9.17) is 5.84 Å². The van der Waals surface area contributed by atoms with Gasteiger partial charge in [0.1, 0.15) is 10.7 Å². The maximum Gasteiger partial charge on any atom is 0.244 e. The van der Waals surface area contributed by atoms with Crippen molar-refractivity contribution in [3.05, 3.63) is 35.0 Å². The van der Waals surface area contributed by atoms with E-state index in [1.54, 1.807) is 12.4 Å². The van der Waals surface area contributed by atoms with Crippen molar-refractivity contribution in [2.75, 3.05) is 12.0 Å². The number of hydrogen-bond donors (Lipinski definition) is 4. The largest absolute Gasteiger partial charge is 0.349 e. The first-order chi connectivity index (χ1) is 9.53. The Balaban J connectivity index is 2.11. The number of nitrogen functional groups attached to an aromatic ring is 1. The van der Waals surface area contributed by atoms with Gasteiger partial charge in [0.25, 0.3) is 0 Å². The van der Waals surface area contributed by atoms with E-state index in [1.165, 1.54) is 12.3 Å². The number of pyridine rings is 1. The minimum Gasteiger partial charge on any atom is -0.349 e. The number of sulfonamides is 1. The smallest absolute Gasteiger partial charge is 0.244 e. The summed E-state index contributed by atoms with van der Waals surface area (Å²) in [6, 6.07) is 1.43. The molecule has 5 N–H and O–H groups in total. The lowest BCUT2D eigenvalue weighted by atomic mass is 10.4. The zero-order valence-corrected chi connectivity index (χ0v) is 12.7. The van der Waals surface area contributed by atoms with E-state index in [2.05, 4.69) is 41.0 Å². The van der Waals surface area contributed by atoms with Crippen LogP contribution in [-0.2, 0) is 16.4 Å². The number of imidazole rings is 1. The van der Waals surface area contributed by atoms with Crippen LogP contribution >= 0.6 is 15.9 Å². The number of halogens is 1. The maximum absolute atomic E-state index is 12.2. The van der Waals surface area contributed by atoms with Gasteiger partial charge in [-0.3, -0.25) is 0 Å². The van der Waals surface area contributed by atoms with Gasteiger partial charge in [0.05, 0.1) is 0 Å². The van der Waals surface area contributed by atoms with Crippen LogP contribution in [0.5, 0.6) is 0 Å². The third-order valence-corrected chi connectivity index (χ3v) is 4.36. The van der Waals surface area contributed by atoms with Crippen molar-refractivity contribution < 1.29 is 8.42 Å². The summed E-state index contributed by atoms with van der Waals surface area (Å²) >= 11 is 3.18. The number of nitrogens with zero attached hydrogens (tertiary/aromatic N) is 2. The van der Waals surface area contributed by atoms with Crippen molar-refractivity contribution >= 4 is 31.8 Å². The van der Waals surface area contributed by atoms with Gasteiger partial charge in [0.15, 0.2) is 5.82 Å². The van der Waals surface area contributed by atoms with Crippen LogP contribution in [0.1, 0.15) is 5.82 Å². The van der Waals surface area contributed by atoms with Crippen molar-refractivity contribution in [1.82, 2.24) is 19.7 Å². The minimum absolute atomic E-state index is 0.0196. The van der Waals surface area contributed by atoms with Crippen molar-refractivity contribution in [3.8, 4) is 0 Å². The molecule has 0 spiro atoms. The second-order valence-electron chi connectivity index (χ2n) is 3.83. The lowest BCUT2D eigenvalue weighted by molar-refractivity contribution is 0.581. The highest BCUT2D eigenvalue weighted by Crippen LogP contribution is 2.21. The summed E-state index contributed by atoms with van der Waals surface area (Å²) in [5.41, 5.74) is 2.26. The Morgan fingerprint density at radius 2 is 2.20 bits per heavy atom. The molecule has 8 nitrogen and oxygen atoms in total. The van der Waals surface area contributed by atoms with E-state index in [0.717, 1.165) is 0 Å². The standard InChI is InChI=1S/C10H13BrN6O2S/c11-7-5-8(10(17-12)15-6-7)20(18,19)16-2-1-9-13-3-4-14-9/h3-6,16H,1-2,12H2,(H,13,14)(H,15,17). The van der Waals surface area contributed by atoms with Crippen LogP contribution in [0.25, 0.3) is 0 Å². The van der Waals surface area contributed by atoms with Crippen molar-refractivity contribution in [1.29, 1.82) is 0 Å². The highest BCUT2D eigenvalue weighted by molar-refractivity contribution is 9.10. The van der Waals surface area contributed by atoms with E-state index in [-0.39, 0.29) is 17.3 Å². The number of aromatic amines is 1. The molecule has 10 heteroatoms. The molecule has 2 heterocycles. The van der Waals surface area contributed by atoms with Gasteiger partial charge in [-0.15, -0.1) is 0 Å². The highest BCUT2D eigenvalue weighted by Gasteiger charge is 2.19. The average Bonchev–Trinajstić information content (AvgIpc) is 2.91. The summed E-state index contributed by atoms with van der Waals surface area (Å²) in [5.74, 6) is 6.06. The third kappa shape index (κ3) is 3.54. The Morgan fingerprint density at radius 3 is 2.85 bits per heavy atom. The van der Waals surface area contributed by atoms with Crippen LogP contribution in [0.2, 0.25) is 0 Å². The number of hydrazine groups is 1. The number of hydrogen-bond acceptors (Lipinski definition) is 6. The molecule has 0 fully saturated rings. The van der Waals surface area contributed by atoms with Crippen molar-refractivity contribution in [2.45, 2.75) is 11.3 Å². The Labute approximate surface area is 124 Å². The predicted octanol–water partition coefficient (Wildman–Crippen LogP) is 0.374. The summed E-state index contributed by atoms with van der Waals surface area (Å²) in [7, 11) is -3.71. The van der Waals surface area contributed by atoms with Gasteiger partial charge in [0, 0.05) is 36.0 Å². The highest BCUT2D eigenvalue weighted by atomic mass is 79.9. The molecule has 0 unspecified atom stereocenters. The molecule has 0 aromatic carbocycles. The van der Waals surface area contributed by atoms with Gasteiger partial charge in [-0.25, -0.2) is 29.0 Å². The summed E-state index contributed by atoms with van der Waals surface area (Å²) in [5, 5.41) is 0. The van der Waals surface area contributed by atoms with Crippen LogP contribution in [0.4, 0.5) is 5.82 Å². The molecule has 0 atom stereocenters. The molecule has 0 aliphatic heterocycles. The van der Waals surface area contributed by atoms with Gasteiger partial charge in [-0.2, -0.15) is 0 Å². The van der Waals surface area contributed by atoms with Gasteiger partial charge < -0.3 is 10.4 Å². The second-order valence-corrected chi connectivity index (χ2v) is 6.48. The molecule has 0 aliphatic rings. The van der Waals surface area contributed by atoms with Crippen LogP contribution in [0.15, 0.2) is 34.0 Å². The summed E-state index contributed by atoms with van der Waals surface area (Å²) in [4.78, 5) is 10.8. The fraction of sp³-hybridized carbons (Fsp3) is 0.200. The summed E-state index contributed by atoms with van der Waals surface area (Å²) in [6.45, 7) is 0.215. The lowest BCUT2D eigenvalue weighted by Crippen LogP contribution is -2.28. The molecule has 0 saturated heterocycles. The van der Waals surface area contributed by atoms with E-state index in [1.807, 2.05) is 0 Å². The van der Waals surface area contributed by atoms with E-state index < -0.39 is 10.0 Å². The molecule has 2 aromatic rings. The first kappa shape index (κ1) is 14.9. The summed E-state index contributed by atoms with van der Waals surface area (Å²) in [6.07, 6.45) is 5.20. The molecule has 0 bridgehead atoms. The molecule has 0 aliphatic carbocycles. The first-order valence-electron chi connectivity index (χ1n) is 5.63. The van der Waals surface area contributed by atoms with E-state index in [0.29, 0.717) is 16.7 Å². The number of anilines is 1. The van der Waals surface area contributed by atoms with Gasteiger partial charge in [-0.05, 0) is 22.0 Å². The first-order valence-corrected chi connectivity index (χ1v) is 7.90. The lowest BCUT2D eigenvalue weighted by Gasteiger charge is -2.10. The van der Waals surface area contributed by atoms with Crippen LogP contribution in [0, 0.1) is 0 Å². The van der Waals surface area contributed by atoms with Gasteiger partial charge >= 0.3 is 0 Å². The third-order valence-electron chi connectivity index (χ3n) is 2.45. The fourth-order valence-electron chi connectivity index (χ4n) is 1.55. The molecule has 0 radical (unpaired) electrons. The molecule has 2 rings (SSSR count). The second kappa shape index (κ2) is 6.31. The maximum atomic E-state index is 12.2. The monoisotopic (exact) mass is 360 g/mol. The Hall–Kier alpha value is -1.49. The number of aromatic nitrogens is 3. The molecule has 0 amide bonds. The predicted molar refractivity (Wildman–Crippen MR) is 77.2 cm³/mol. The van der Waals surface area contributed by atoms with Crippen LogP contribution in [0.3, 0.4) is 0 Å². The quantitative estimate of drug-likeness (QED) is 0.435. The van der Waals surface area contributed by atoms with Gasteiger partial charge in [-0.1, -0.05) is 0 Å². The fourth-order valence-corrected chi connectivity index (χ4v) is 3.21. The molecular weight excluding hydrogens is 348 g/mol. The average molecular weight is 361 g/mol. The van der Waals surface area contributed by atoms with Crippen molar-refractivity contribution in [3.63, 3.8) is 0 Å². The number of nitrogens with one attached hydrogen (secondary N) is 3.